The minimum Gasteiger partial charge on any atom is -0.477 e. The Balaban J connectivity index is 2.17. The number of thiophene rings is 1. The van der Waals surface area contributed by atoms with E-state index in [0.29, 0.717) is 10.3 Å². The Kier molecular flexibility index (Phi) is 5.12. The van der Waals surface area contributed by atoms with Gasteiger partial charge in [0.1, 0.15) is 9.77 Å². The second kappa shape index (κ2) is 6.36. The van der Waals surface area contributed by atoms with E-state index < -0.39 is 16.0 Å². The van der Waals surface area contributed by atoms with Gasteiger partial charge in [0.15, 0.2) is 0 Å². The number of carboxylic acid groups (broad SMARTS) is 1. The molecule has 0 saturated heterocycles. The molecular formula is C13H18BrNO4S2. The number of carbonyl (C=O) groups is 1. The molecule has 0 spiro atoms. The molecule has 0 atom stereocenters. The molecule has 8 heteroatoms. The van der Waals surface area contributed by atoms with Crippen molar-refractivity contribution in [3.05, 3.63) is 14.7 Å². The third-order valence-corrected chi connectivity index (χ3v) is 7.85. The zero-order chi connectivity index (χ0) is 15.7. The standard InChI is InChI=1S/C13H18BrNO4S2/c1-2-13(5-3-4-6-13)8-15-21(18,19)10-7-9(12(16)17)20-11(10)14/h7,15H,2-6,8H2,1H3,(H,16,17). The Bertz CT molecular complexity index is 633. The van der Waals surface area contributed by atoms with Gasteiger partial charge in [0.25, 0.3) is 0 Å². The van der Waals surface area contributed by atoms with Crippen LogP contribution in [0.5, 0.6) is 0 Å². The van der Waals surface area contributed by atoms with Gasteiger partial charge in [-0.15, -0.1) is 11.3 Å². The maximum Gasteiger partial charge on any atom is 0.345 e. The van der Waals surface area contributed by atoms with Crippen LogP contribution in [0.1, 0.15) is 48.7 Å². The van der Waals surface area contributed by atoms with E-state index in [9.17, 15) is 13.2 Å². The lowest BCUT2D eigenvalue weighted by Gasteiger charge is -2.27. The van der Waals surface area contributed by atoms with Gasteiger partial charge < -0.3 is 5.11 Å². The molecule has 0 unspecified atom stereocenters. The highest BCUT2D eigenvalue weighted by molar-refractivity contribution is 9.11. The highest BCUT2D eigenvalue weighted by Gasteiger charge is 2.34. The normalized spacial score (nSPS) is 18.0. The van der Waals surface area contributed by atoms with Crippen molar-refractivity contribution in [2.24, 2.45) is 5.41 Å². The van der Waals surface area contributed by atoms with Crippen molar-refractivity contribution in [2.75, 3.05) is 6.54 Å². The molecule has 2 N–H and O–H groups in total. The summed E-state index contributed by atoms with van der Waals surface area (Å²) in [6, 6.07) is 1.20. The summed E-state index contributed by atoms with van der Waals surface area (Å²) in [6.45, 7) is 2.50. The number of hydrogen-bond donors (Lipinski definition) is 2. The van der Waals surface area contributed by atoms with Crippen molar-refractivity contribution in [3.63, 3.8) is 0 Å². The molecule has 2 rings (SSSR count). The molecule has 21 heavy (non-hydrogen) atoms. The van der Waals surface area contributed by atoms with Gasteiger partial charge in [-0.1, -0.05) is 19.8 Å². The van der Waals surface area contributed by atoms with Gasteiger partial charge in [0.2, 0.25) is 10.0 Å². The molecule has 0 radical (unpaired) electrons. The fourth-order valence-electron chi connectivity index (χ4n) is 2.75. The van der Waals surface area contributed by atoms with Crippen LogP contribution in [0.3, 0.4) is 0 Å². The molecule has 0 aromatic carbocycles. The minimum absolute atomic E-state index is 0.00770. The van der Waals surface area contributed by atoms with Crippen LogP contribution in [0.4, 0.5) is 0 Å². The number of aromatic carboxylic acids is 1. The minimum atomic E-state index is -3.69. The third kappa shape index (κ3) is 3.67. The molecule has 5 nitrogen and oxygen atoms in total. The fourth-order valence-corrected chi connectivity index (χ4v) is 6.31. The lowest BCUT2D eigenvalue weighted by Crippen LogP contribution is -2.35. The van der Waals surface area contributed by atoms with Crippen molar-refractivity contribution < 1.29 is 18.3 Å². The van der Waals surface area contributed by atoms with Crippen molar-refractivity contribution in [1.82, 2.24) is 4.72 Å². The maximum absolute atomic E-state index is 12.4. The van der Waals surface area contributed by atoms with E-state index in [-0.39, 0.29) is 15.2 Å². The van der Waals surface area contributed by atoms with E-state index in [2.05, 4.69) is 27.6 Å². The van der Waals surface area contributed by atoms with Gasteiger partial charge in [-0.25, -0.2) is 17.9 Å². The monoisotopic (exact) mass is 395 g/mol. The summed E-state index contributed by atoms with van der Waals surface area (Å²) in [7, 11) is -3.69. The first-order chi connectivity index (χ1) is 9.80. The van der Waals surface area contributed by atoms with Crippen molar-refractivity contribution >= 4 is 43.3 Å². The highest BCUT2D eigenvalue weighted by atomic mass is 79.9. The van der Waals surface area contributed by atoms with E-state index in [1.165, 1.54) is 6.07 Å². The highest BCUT2D eigenvalue weighted by Crippen LogP contribution is 2.41. The van der Waals surface area contributed by atoms with E-state index in [4.69, 9.17) is 5.11 Å². The molecule has 0 bridgehead atoms. The van der Waals surface area contributed by atoms with E-state index in [1.807, 2.05) is 0 Å². The number of hydrogen-bond acceptors (Lipinski definition) is 4. The summed E-state index contributed by atoms with van der Waals surface area (Å²) >= 11 is 4.05. The largest absolute Gasteiger partial charge is 0.477 e. The predicted molar refractivity (Wildman–Crippen MR) is 85.4 cm³/mol. The molecule has 0 amide bonds. The van der Waals surface area contributed by atoms with Crippen LogP contribution in [-0.2, 0) is 10.0 Å². The molecule has 0 aliphatic heterocycles. The topological polar surface area (TPSA) is 83.5 Å². The number of sulfonamides is 1. The van der Waals surface area contributed by atoms with Crippen molar-refractivity contribution in [1.29, 1.82) is 0 Å². The smallest absolute Gasteiger partial charge is 0.345 e. The quantitative estimate of drug-likeness (QED) is 0.772. The van der Waals surface area contributed by atoms with Crippen LogP contribution in [0.25, 0.3) is 0 Å². The van der Waals surface area contributed by atoms with Gasteiger partial charge in [-0.3, -0.25) is 0 Å². The Labute approximate surface area is 136 Å². The fraction of sp³-hybridized carbons (Fsp3) is 0.615. The van der Waals surface area contributed by atoms with Crippen LogP contribution in [-0.4, -0.2) is 26.0 Å². The molecule has 1 heterocycles. The molecule has 1 fully saturated rings. The Morgan fingerprint density at radius 2 is 2.10 bits per heavy atom. The molecule has 1 aliphatic rings. The second-order valence-corrected chi connectivity index (χ2v) is 9.54. The Morgan fingerprint density at radius 1 is 1.48 bits per heavy atom. The molecule has 1 aromatic rings. The van der Waals surface area contributed by atoms with Crippen LogP contribution >= 0.6 is 27.3 Å². The first-order valence-corrected chi connectivity index (χ1v) is 9.91. The molecular weight excluding hydrogens is 378 g/mol. The first kappa shape index (κ1) is 16.9. The summed E-state index contributed by atoms with van der Waals surface area (Å²) in [4.78, 5) is 10.9. The number of rotatable bonds is 6. The van der Waals surface area contributed by atoms with Gasteiger partial charge in [-0.2, -0.15) is 0 Å². The van der Waals surface area contributed by atoms with Gasteiger partial charge in [0, 0.05) is 6.54 Å². The zero-order valence-corrected chi connectivity index (χ0v) is 14.9. The van der Waals surface area contributed by atoms with Crippen molar-refractivity contribution in [2.45, 2.75) is 43.9 Å². The third-order valence-electron chi connectivity index (χ3n) is 4.21. The Morgan fingerprint density at radius 3 is 2.57 bits per heavy atom. The lowest BCUT2D eigenvalue weighted by molar-refractivity contribution is 0.0702. The van der Waals surface area contributed by atoms with Crippen molar-refractivity contribution in [3.8, 4) is 0 Å². The molecule has 1 aliphatic carbocycles. The number of halogens is 1. The predicted octanol–water partition coefficient (Wildman–Crippen LogP) is 3.46. The van der Waals surface area contributed by atoms with Crippen LogP contribution in [0.2, 0.25) is 0 Å². The van der Waals surface area contributed by atoms with Gasteiger partial charge in [-0.05, 0) is 46.7 Å². The van der Waals surface area contributed by atoms with E-state index >= 15 is 0 Å². The average molecular weight is 396 g/mol. The zero-order valence-electron chi connectivity index (χ0n) is 11.7. The van der Waals surface area contributed by atoms with Crippen LogP contribution in [0.15, 0.2) is 14.7 Å². The summed E-state index contributed by atoms with van der Waals surface area (Å²) in [5.74, 6) is -1.12. The van der Waals surface area contributed by atoms with Gasteiger partial charge >= 0.3 is 5.97 Å². The summed E-state index contributed by atoms with van der Waals surface area (Å²) in [6.07, 6.45) is 5.30. The number of carboxylic acids is 1. The summed E-state index contributed by atoms with van der Waals surface area (Å²) in [5.41, 5.74) is 0.0468. The van der Waals surface area contributed by atoms with Crippen LogP contribution in [0, 0.1) is 5.41 Å². The number of nitrogens with one attached hydrogen (secondary N) is 1. The van der Waals surface area contributed by atoms with E-state index in [1.54, 1.807) is 0 Å². The average Bonchev–Trinajstić information content (AvgIpc) is 3.04. The van der Waals surface area contributed by atoms with Crippen LogP contribution < -0.4 is 4.72 Å². The first-order valence-electron chi connectivity index (χ1n) is 6.82. The van der Waals surface area contributed by atoms with E-state index in [0.717, 1.165) is 43.4 Å². The molecule has 1 saturated carbocycles. The SMILES string of the molecule is CCC1(CNS(=O)(=O)c2cc(C(=O)O)sc2Br)CCCC1. The lowest BCUT2D eigenvalue weighted by atomic mass is 9.84. The molecule has 118 valence electrons. The molecule has 1 aromatic heterocycles. The summed E-state index contributed by atoms with van der Waals surface area (Å²) in [5, 5.41) is 8.94. The second-order valence-electron chi connectivity index (χ2n) is 5.44. The maximum atomic E-state index is 12.4. The summed E-state index contributed by atoms with van der Waals surface area (Å²) < 4.78 is 27.7. The van der Waals surface area contributed by atoms with Gasteiger partial charge in [0.05, 0.1) is 3.79 Å². The Hall–Kier alpha value is -0.440.